The fourth-order valence-corrected chi connectivity index (χ4v) is 4.94. The average molecular weight is 435 g/mol. The van der Waals surface area contributed by atoms with Crippen LogP contribution < -0.4 is 14.4 Å². The van der Waals surface area contributed by atoms with Crippen molar-refractivity contribution in [3.05, 3.63) is 59.7 Å². The molecule has 0 saturated heterocycles. The van der Waals surface area contributed by atoms with Gasteiger partial charge in [0.2, 0.25) is 10.0 Å². The Kier molecular flexibility index (Phi) is 7.08. The van der Waals surface area contributed by atoms with E-state index in [-0.39, 0.29) is 18.2 Å². The first-order valence-corrected chi connectivity index (χ1v) is 12.3. The molecule has 1 unspecified atom stereocenters. The van der Waals surface area contributed by atoms with Gasteiger partial charge in [-0.1, -0.05) is 42.0 Å². The van der Waals surface area contributed by atoms with Gasteiger partial charge in [-0.3, -0.25) is 9.10 Å². The largest absolute Gasteiger partial charge is 0.476 e. The molecule has 3 rings (SSSR count). The average Bonchev–Trinajstić information content (AvgIpc) is 2.73. The molecule has 0 aliphatic carbocycles. The number of hydrogen-bond donors (Lipinski definition) is 1. The predicted octanol–water partition coefficient (Wildman–Crippen LogP) is 2.96. The third kappa shape index (κ3) is 5.45. The molecule has 0 fully saturated rings. The highest BCUT2D eigenvalue weighted by atomic mass is 32.2. The first kappa shape index (κ1) is 21.5. The van der Waals surface area contributed by atoms with Gasteiger partial charge in [0, 0.05) is 18.1 Å². The third-order valence-corrected chi connectivity index (χ3v) is 7.44. The monoisotopic (exact) mass is 434 g/mol. The van der Waals surface area contributed by atoms with E-state index in [1.54, 1.807) is 43.0 Å². The van der Waals surface area contributed by atoms with Crippen LogP contribution in [0.15, 0.2) is 48.5 Å². The third-order valence-electron chi connectivity index (χ3n) is 4.66. The number of hydrogen-bond acceptors (Lipinski definition) is 5. The maximum Gasteiger partial charge on any atom is 0.263 e. The molecule has 0 radical (unpaired) electrons. The van der Waals surface area contributed by atoms with Crippen molar-refractivity contribution in [3.8, 4) is 5.75 Å². The summed E-state index contributed by atoms with van der Waals surface area (Å²) in [5.41, 5.74) is 2.96. The Morgan fingerprint density at radius 2 is 1.93 bits per heavy atom. The lowest BCUT2D eigenvalue weighted by molar-refractivity contribution is -0.127. The van der Waals surface area contributed by atoms with Crippen molar-refractivity contribution in [2.45, 2.75) is 25.7 Å². The zero-order valence-electron chi connectivity index (χ0n) is 16.6. The SMILES string of the molecule is CCS(=O)(=O)N1CC(C(=O)NCCSCc2ccc(C)cc2)Oc2ccccc21. The lowest BCUT2D eigenvalue weighted by Crippen LogP contribution is -2.51. The van der Waals surface area contributed by atoms with E-state index in [9.17, 15) is 13.2 Å². The molecule has 8 heteroatoms. The molecule has 156 valence electrons. The summed E-state index contributed by atoms with van der Waals surface area (Å²) in [5.74, 6) is 1.72. The van der Waals surface area contributed by atoms with Gasteiger partial charge in [0.15, 0.2) is 6.10 Å². The number of nitrogens with zero attached hydrogens (tertiary/aromatic N) is 1. The molecule has 1 heterocycles. The van der Waals surface area contributed by atoms with Crippen molar-refractivity contribution in [2.24, 2.45) is 0 Å². The van der Waals surface area contributed by atoms with Crippen LogP contribution in [0.3, 0.4) is 0 Å². The lowest BCUT2D eigenvalue weighted by Gasteiger charge is -2.34. The Morgan fingerprint density at radius 1 is 1.21 bits per heavy atom. The van der Waals surface area contributed by atoms with E-state index in [2.05, 4.69) is 36.5 Å². The highest BCUT2D eigenvalue weighted by Crippen LogP contribution is 2.35. The number of ether oxygens (including phenoxy) is 1. The highest BCUT2D eigenvalue weighted by molar-refractivity contribution is 7.98. The number of benzene rings is 2. The smallest absolute Gasteiger partial charge is 0.263 e. The van der Waals surface area contributed by atoms with Crippen molar-refractivity contribution < 1.29 is 17.9 Å². The van der Waals surface area contributed by atoms with Crippen LogP contribution in [0.1, 0.15) is 18.1 Å². The van der Waals surface area contributed by atoms with Crippen molar-refractivity contribution in [1.82, 2.24) is 5.32 Å². The molecule has 1 N–H and O–H groups in total. The molecule has 6 nitrogen and oxygen atoms in total. The second-order valence-electron chi connectivity index (χ2n) is 6.84. The summed E-state index contributed by atoms with van der Waals surface area (Å²) in [5, 5.41) is 2.86. The number of para-hydroxylation sites is 2. The Hall–Kier alpha value is -2.19. The van der Waals surface area contributed by atoms with Gasteiger partial charge in [0.25, 0.3) is 5.91 Å². The summed E-state index contributed by atoms with van der Waals surface area (Å²) < 4.78 is 32.0. The summed E-state index contributed by atoms with van der Waals surface area (Å²) in [4.78, 5) is 12.6. The molecule has 2 aromatic carbocycles. The van der Waals surface area contributed by atoms with Crippen molar-refractivity contribution in [2.75, 3.05) is 28.9 Å². The second kappa shape index (κ2) is 9.54. The maximum atomic E-state index is 12.6. The number of anilines is 1. The van der Waals surface area contributed by atoms with E-state index in [1.807, 2.05) is 0 Å². The number of carbonyl (C=O) groups excluding carboxylic acids is 1. The molecule has 1 amide bonds. The van der Waals surface area contributed by atoms with Crippen LogP contribution in [0, 0.1) is 6.92 Å². The number of rotatable bonds is 8. The first-order valence-electron chi connectivity index (χ1n) is 9.58. The van der Waals surface area contributed by atoms with Gasteiger partial charge in [0.1, 0.15) is 5.75 Å². The minimum absolute atomic E-state index is 0.0183. The summed E-state index contributed by atoms with van der Waals surface area (Å²) in [6, 6.07) is 15.3. The van der Waals surface area contributed by atoms with Gasteiger partial charge < -0.3 is 10.1 Å². The van der Waals surface area contributed by atoms with Crippen molar-refractivity contribution in [3.63, 3.8) is 0 Å². The number of carbonyl (C=O) groups is 1. The van der Waals surface area contributed by atoms with Crippen LogP contribution in [0.4, 0.5) is 5.69 Å². The van der Waals surface area contributed by atoms with Crippen LogP contribution in [0.25, 0.3) is 0 Å². The van der Waals surface area contributed by atoms with E-state index in [4.69, 9.17) is 4.74 Å². The predicted molar refractivity (Wildman–Crippen MR) is 118 cm³/mol. The Morgan fingerprint density at radius 3 is 2.66 bits per heavy atom. The topological polar surface area (TPSA) is 75.7 Å². The van der Waals surface area contributed by atoms with E-state index < -0.39 is 16.1 Å². The number of aryl methyl sites for hydroxylation is 1. The van der Waals surface area contributed by atoms with Gasteiger partial charge in [-0.25, -0.2) is 8.42 Å². The number of fused-ring (bicyclic) bond motifs is 1. The lowest BCUT2D eigenvalue weighted by atomic mass is 10.2. The summed E-state index contributed by atoms with van der Waals surface area (Å²) in [7, 11) is -3.49. The fraction of sp³-hybridized carbons (Fsp3) is 0.381. The zero-order chi connectivity index (χ0) is 20.9. The van der Waals surface area contributed by atoms with Crippen LogP contribution in [0.2, 0.25) is 0 Å². The molecule has 1 aliphatic rings. The van der Waals surface area contributed by atoms with Gasteiger partial charge in [-0.05, 0) is 31.5 Å². The summed E-state index contributed by atoms with van der Waals surface area (Å²) in [6.45, 7) is 4.13. The molecule has 2 aromatic rings. The minimum Gasteiger partial charge on any atom is -0.476 e. The normalized spacial score (nSPS) is 16.1. The molecular weight excluding hydrogens is 408 g/mol. The van der Waals surface area contributed by atoms with Gasteiger partial charge in [0.05, 0.1) is 18.0 Å². The molecule has 1 aliphatic heterocycles. The quantitative estimate of drug-likeness (QED) is 0.647. The number of thioether (sulfide) groups is 1. The van der Waals surface area contributed by atoms with E-state index in [1.165, 1.54) is 15.4 Å². The molecule has 0 spiro atoms. The van der Waals surface area contributed by atoms with E-state index >= 15 is 0 Å². The molecule has 0 bridgehead atoms. The Labute approximate surface area is 176 Å². The number of nitrogens with one attached hydrogen (secondary N) is 1. The second-order valence-corrected chi connectivity index (χ2v) is 10.1. The van der Waals surface area contributed by atoms with E-state index in [0.29, 0.717) is 18.0 Å². The van der Waals surface area contributed by atoms with Crippen LogP contribution in [-0.2, 0) is 20.6 Å². The molecule has 29 heavy (non-hydrogen) atoms. The van der Waals surface area contributed by atoms with Gasteiger partial charge in [-0.2, -0.15) is 11.8 Å². The molecule has 0 saturated carbocycles. The highest BCUT2D eigenvalue weighted by Gasteiger charge is 2.35. The zero-order valence-corrected chi connectivity index (χ0v) is 18.3. The first-order chi connectivity index (χ1) is 13.9. The van der Waals surface area contributed by atoms with E-state index in [0.717, 1.165) is 11.5 Å². The maximum absolute atomic E-state index is 12.6. The number of sulfonamides is 1. The standard InChI is InChI=1S/C21H26N2O4S2/c1-3-29(25,26)23-14-20(27-19-7-5-4-6-18(19)23)21(24)22-12-13-28-15-17-10-8-16(2)9-11-17/h4-11,20H,3,12-15H2,1-2H3,(H,22,24). The van der Waals surface area contributed by atoms with Crippen molar-refractivity contribution >= 4 is 33.4 Å². The Balaban J connectivity index is 1.53. The molecular formula is C21H26N2O4S2. The summed E-state index contributed by atoms with van der Waals surface area (Å²) >= 11 is 1.74. The Bertz CT molecular complexity index is 945. The molecule has 1 atom stereocenters. The number of amides is 1. The van der Waals surface area contributed by atoms with Gasteiger partial charge in [-0.15, -0.1) is 0 Å². The molecule has 0 aromatic heterocycles. The summed E-state index contributed by atoms with van der Waals surface area (Å²) in [6.07, 6.45) is -0.867. The van der Waals surface area contributed by atoms with Gasteiger partial charge >= 0.3 is 0 Å². The van der Waals surface area contributed by atoms with Crippen LogP contribution >= 0.6 is 11.8 Å². The van der Waals surface area contributed by atoms with Crippen LogP contribution in [0.5, 0.6) is 5.75 Å². The van der Waals surface area contributed by atoms with Crippen LogP contribution in [-0.4, -0.2) is 45.0 Å². The minimum atomic E-state index is -3.49. The van der Waals surface area contributed by atoms with Crippen molar-refractivity contribution in [1.29, 1.82) is 0 Å². The fourth-order valence-electron chi connectivity index (χ4n) is 2.99.